The summed E-state index contributed by atoms with van der Waals surface area (Å²) in [5.74, 6) is -0.596. The number of carbonyl (C=O) groups is 2. The first kappa shape index (κ1) is 9.77. The zero-order valence-electron chi connectivity index (χ0n) is 9.10. The lowest BCUT2D eigenvalue weighted by Crippen LogP contribution is -2.28. The second kappa shape index (κ2) is 3.28. The molecule has 84 valence electrons. The second-order valence-electron chi connectivity index (χ2n) is 3.95. The van der Waals surface area contributed by atoms with E-state index in [2.05, 4.69) is 10.2 Å². The summed E-state index contributed by atoms with van der Waals surface area (Å²) in [6, 6.07) is 5.24. The molecule has 1 aliphatic heterocycles. The summed E-state index contributed by atoms with van der Waals surface area (Å²) in [6.07, 6.45) is 2.98. The molecule has 1 aliphatic rings. The highest BCUT2D eigenvalue weighted by molar-refractivity contribution is 6.34. The summed E-state index contributed by atoms with van der Waals surface area (Å²) in [5.41, 5.74) is 2.32. The number of aryl methyl sites for hydroxylation is 1. The molecule has 3 rings (SSSR count). The molecule has 2 heterocycles. The van der Waals surface area contributed by atoms with E-state index in [1.165, 1.54) is 12.4 Å². The van der Waals surface area contributed by atoms with E-state index in [0.717, 1.165) is 10.5 Å². The minimum Gasteiger partial charge on any atom is -0.284 e. The minimum absolute atomic E-state index is 0.296. The van der Waals surface area contributed by atoms with Crippen molar-refractivity contribution >= 4 is 17.5 Å². The predicted octanol–water partition coefficient (Wildman–Crippen LogP) is 1.52. The molecule has 2 aromatic rings. The summed E-state index contributed by atoms with van der Waals surface area (Å²) in [4.78, 5) is 25.3. The first-order valence-electron chi connectivity index (χ1n) is 5.16. The van der Waals surface area contributed by atoms with Gasteiger partial charge in [-0.15, -0.1) is 0 Å². The highest BCUT2D eigenvalue weighted by atomic mass is 16.2. The van der Waals surface area contributed by atoms with Crippen molar-refractivity contribution in [3.05, 3.63) is 47.3 Å². The lowest BCUT2D eigenvalue weighted by Gasteiger charge is -2.09. The molecular weight excluding hydrogens is 218 g/mol. The molecule has 0 atom stereocenters. The molecule has 0 bridgehead atoms. The molecule has 0 saturated carbocycles. The van der Waals surface area contributed by atoms with Gasteiger partial charge in [0.15, 0.2) is 0 Å². The monoisotopic (exact) mass is 227 g/mol. The van der Waals surface area contributed by atoms with Crippen LogP contribution in [0.15, 0.2) is 30.6 Å². The van der Waals surface area contributed by atoms with Crippen molar-refractivity contribution in [2.75, 3.05) is 4.90 Å². The molecule has 0 fully saturated rings. The van der Waals surface area contributed by atoms with Crippen LogP contribution in [0, 0.1) is 6.92 Å². The fourth-order valence-electron chi connectivity index (χ4n) is 1.96. The lowest BCUT2D eigenvalue weighted by atomic mass is 10.1. The Morgan fingerprint density at radius 3 is 2.65 bits per heavy atom. The van der Waals surface area contributed by atoms with Crippen LogP contribution < -0.4 is 4.90 Å². The van der Waals surface area contributed by atoms with Crippen LogP contribution in [-0.2, 0) is 0 Å². The van der Waals surface area contributed by atoms with Crippen molar-refractivity contribution in [3.8, 4) is 0 Å². The molecule has 0 spiro atoms. The van der Waals surface area contributed by atoms with Crippen molar-refractivity contribution in [1.29, 1.82) is 0 Å². The third-order valence-corrected chi connectivity index (χ3v) is 2.78. The topological polar surface area (TPSA) is 66.1 Å². The molecule has 0 unspecified atom stereocenters. The predicted molar refractivity (Wildman–Crippen MR) is 60.9 cm³/mol. The number of carbonyl (C=O) groups excluding carboxylic acids is 2. The van der Waals surface area contributed by atoms with E-state index >= 15 is 0 Å². The zero-order chi connectivity index (χ0) is 12.0. The van der Waals surface area contributed by atoms with Crippen molar-refractivity contribution in [3.63, 3.8) is 0 Å². The number of nitrogens with one attached hydrogen (secondary N) is 1. The van der Waals surface area contributed by atoms with E-state index in [-0.39, 0.29) is 11.8 Å². The third kappa shape index (κ3) is 1.29. The Kier molecular flexibility index (Phi) is 1.89. The highest BCUT2D eigenvalue weighted by Gasteiger charge is 2.36. The molecule has 0 radical (unpaired) electrons. The van der Waals surface area contributed by atoms with Gasteiger partial charge in [-0.1, -0.05) is 11.6 Å². The van der Waals surface area contributed by atoms with Crippen LogP contribution in [0.25, 0.3) is 0 Å². The van der Waals surface area contributed by atoms with Gasteiger partial charge in [0.2, 0.25) is 0 Å². The minimum atomic E-state index is -0.300. The summed E-state index contributed by atoms with van der Waals surface area (Å²) in [6.45, 7) is 1.89. The molecular formula is C12H9N3O2. The number of rotatable bonds is 1. The van der Waals surface area contributed by atoms with Crippen LogP contribution in [0.4, 0.5) is 5.69 Å². The number of nitrogens with zero attached hydrogens (tertiary/aromatic N) is 2. The number of imide groups is 1. The van der Waals surface area contributed by atoms with Gasteiger partial charge in [-0.2, -0.15) is 5.10 Å². The van der Waals surface area contributed by atoms with Gasteiger partial charge in [0, 0.05) is 6.20 Å². The van der Waals surface area contributed by atoms with E-state index < -0.39 is 0 Å². The van der Waals surface area contributed by atoms with Crippen molar-refractivity contribution in [2.45, 2.75) is 6.92 Å². The van der Waals surface area contributed by atoms with Crippen LogP contribution >= 0.6 is 0 Å². The number of hydrogen-bond donors (Lipinski definition) is 1. The molecule has 1 N–H and O–H groups in total. The maximum absolute atomic E-state index is 12.1. The number of amides is 2. The van der Waals surface area contributed by atoms with Gasteiger partial charge in [0.1, 0.15) is 0 Å². The van der Waals surface area contributed by atoms with Gasteiger partial charge < -0.3 is 0 Å². The average Bonchev–Trinajstić information content (AvgIpc) is 2.88. The Morgan fingerprint density at radius 1 is 1.18 bits per heavy atom. The summed E-state index contributed by atoms with van der Waals surface area (Å²) < 4.78 is 0. The summed E-state index contributed by atoms with van der Waals surface area (Å²) >= 11 is 0. The van der Waals surface area contributed by atoms with Crippen LogP contribution in [-0.4, -0.2) is 22.0 Å². The standard InChI is InChI=1S/C12H9N3O2/c1-7-2-3-9-10(4-7)12(17)15(11(9)16)8-5-13-14-6-8/h2-6H,1H3,(H,13,14). The quantitative estimate of drug-likeness (QED) is 0.751. The van der Waals surface area contributed by atoms with E-state index in [4.69, 9.17) is 0 Å². The van der Waals surface area contributed by atoms with Gasteiger partial charge in [-0.3, -0.25) is 14.7 Å². The van der Waals surface area contributed by atoms with Crippen LogP contribution in [0.5, 0.6) is 0 Å². The maximum Gasteiger partial charge on any atom is 0.266 e. The molecule has 0 saturated heterocycles. The second-order valence-corrected chi connectivity index (χ2v) is 3.95. The van der Waals surface area contributed by atoms with Crippen molar-refractivity contribution in [2.24, 2.45) is 0 Å². The zero-order valence-corrected chi connectivity index (χ0v) is 9.10. The fraction of sp³-hybridized carbons (Fsp3) is 0.0833. The van der Waals surface area contributed by atoms with Crippen LogP contribution in [0.3, 0.4) is 0 Å². The number of fused-ring (bicyclic) bond motifs is 1. The van der Waals surface area contributed by atoms with Gasteiger partial charge >= 0.3 is 0 Å². The normalized spacial score (nSPS) is 14.3. The Labute approximate surface area is 97.1 Å². The molecule has 2 amide bonds. The highest BCUT2D eigenvalue weighted by Crippen LogP contribution is 2.27. The largest absolute Gasteiger partial charge is 0.284 e. The van der Waals surface area contributed by atoms with Gasteiger partial charge in [0.25, 0.3) is 11.8 Å². The first-order valence-corrected chi connectivity index (χ1v) is 5.16. The molecule has 1 aromatic heterocycles. The number of H-pyrrole nitrogens is 1. The summed E-state index contributed by atoms with van der Waals surface area (Å²) in [5, 5.41) is 6.33. The number of aromatic nitrogens is 2. The van der Waals surface area contributed by atoms with Gasteiger partial charge in [0.05, 0.1) is 23.0 Å². The SMILES string of the molecule is Cc1ccc2c(c1)C(=O)N(c1cn[nH]c1)C2=O. The number of anilines is 1. The van der Waals surface area contributed by atoms with Crippen molar-refractivity contribution in [1.82, 2.24) is 10.2 Å². The lowest BCUT2D eigenvalue weighted by molar-refractivity contribution is 0.0926. The van der Waals surface area contributed by atoms with Crippen molar-refractivity contribution < 1.29 is 9.59 Å². The van der Waals surface area contributed by atoms with Gasteiger partial charge in [-0.05, 0) is 19.1 Å². The van der Waals surface area contributed by atoms with E-state index in [1.807, 2.05) is 13.0 Å². The Bertz CT molecular complexity index is 617. The molecule has 1 aromatic carbocycles. The Balaban J connectivity index is 2.15. The fourth-order valence-corrected chi connectivity index (χ4v) is 1.96. The number of hydrogen-bond acceptors (Lipinski definition) is 3. The Morgan fingerprint density at radius 2 is 1.94 bits per heavy atom. The van der Waals surface area contributed by atoms with Crippen LogP contribution in [0.1, 0.15) is 26.3 Å². The summed E-state index contributed by atoms with van der Waals surface area (Å²) in [7, 11) is 0. The number of aromatic amines is 1. The third-order valence-electron chi connectivity index (χ3n) is 2.78. The maximum atomic E-state index is 12.1. The van der Waals surface area contributed by atoms with E-state index in [0.29, 0.717) is 16.8 Å². The molecule has 5 nitrogen and oxygen atoms in total. The smallest absolute Gasteiger partial charge is 0.266 e. The first-order chi connectivity index (χ1) is 8.18. The van der Waals surface area contributed by atoms with Gasteiger partial charge in [-0.25, -0.2) is 4.90 Å². The average molecular weight is 227 g/mol. The Hall–Kier alpha value is -2.43. The van der Waals surface area contributed by atoms with E-state index in [9.17, 15) is 9.59 Å². The van der Waals surface area contributed by atoms with E-state index in [1.54, 1.807) is 12.1 Å². The molecule has 17 heavy (non-hydrogen) atoms. The molecule has 5 heteroatoms. The van der Waals surface area contributed by atoms with Crippen LogP contribution in [0.2, 0.25) is 0 Å². The molecule has 0 aliphatic carbocycles. The number of benzene rings is 1.